The Balaban J connectivity index is 2.01. The zero-order chi connectivity index (χ0) is 15.4. The molecule has 2 N–H and O–H groups in total. The Hall–Kier alpha value is -1.48. The highest BCUT2D eigenvalue weighted by Crippen LogP contribution is 2.32. The average Bonchev–Trinajstić information content (AvgIpc) is 3.07. The number of thiophene rings is 1. The molecule has 1 amide bonds. The fraction of sp³-hybridized carbons (Fsp3) is 0.250. The third-order valence-electron chi connectivity index (χ3n) is 2.53. The molecule has 0 aliphatic heterocycles. The minimum absolute atomic E-state index is 0.123. The summed E-state index contributed by atoms with van der Waals surface area (Å²) in [4.78, 5) is 27.8. The van der Waals surface area contributed by atoms with Gasteiger partial charge in [-0.25, -0.2) is 9.78 Å². The van der Waals surface area contributed by atoms with Crippen LogP contribution in [0.1, 0.15) is 10.5 Å². The van der Waals surface area contributed by atoms with Gasteiger partial charge in [-0.2, -0.15) is 0 Å². The molecule has 2 heterocycles. The van der Waals surface area contributed by atoms with Crippen molar-refractivity contribution in [3.63, 3.8) is 0 Å². The lowest BCUT2D eigenvalue weighted by Gasteiger charge is -2.10. The zero-order valence-corrected chi connectivity index (χ0v) is 13.2. The van der Waals surface area contributed by atoms with E-state index in [1.807, 2.05) is 6.07 Å². The summed E-state index contributed by atoms with van der Waals surface area (Å²) in [6, 6.07) is 3.59. The molecule has 0 radical (unpaired) electrons. The van der Waals surface area contributed by atoms with Crippen molar-refractivity contribution in [2.45, 2.75) is 6.10 Å². The van der Waals surface area contributed by atoms with Crippen LogP contribution in [0, 0.1) is 0 Å². The Morgan fingerprint density at radius 2 is 2.29 bits per heavy atom. The highest BCUT2D eigenvalue weighted by Gasteiger charge is 2.19. The molecule has 2 aromatic rings. The van der Waals surface area contributed by atoms with Gasteiger partial charge >= 0.3 is 5.97 Å². The van der Waals surface area contributed by atoms with Crippen LogP contribution in [0.5, 0.6) is 0 Å². The van der Waals surface area contributed by atoms with E-state index in [2.05, 4.69) is 10.3 Å². The molecule has 2 aromatic heterocycles. The minimum atomic E-state index is -1.13. The molecule has 21 heavy (non-hydrogen) atoms. The lowest BCUT2D eigenvalue weighted by molar-refractivity contribution is -0.148. The molecule has 0 saturated heterocycles. The first-order valence-corrected chi connectivity index (χ1v) is 7.83. The second-order valence-corrected chi connectivity index (χ2v) is 6.49. The molecule has 0 saturated carbocycles. The summed E-state index contributed by atoms with van der Waals surface area (Å²) < 4.78 is 5.38. The summed E-state index contributed by atoms with van der Waals surface area (Å²) >= 11 is 8.55. The molecule has 1 atom stereocenters. The van der Waals surface area contributed by atoms with E-state index in [0.29, 0.717) is 9.34 Å². The van der Waals surface area contributed by atoms with Crippen LogP contribution in [-0.4, -0.2) is 41.7 Å². The predicted molar refractivity (Wildman–Crippen MR) is 81.2 cm³/mol. The average molecular weight is 347 g/mol. The quantitative estimate of drug-likeness (QED) is 0.838. The van der Waals surface area contributed by atoms with Gasteiger partial charge in [0, 0.05) is 12.5 Å². The number of hydrogen-bond donors (Lipinski definition) is 2. The number of rotatable bonds is 6. The van der Waals surface area contributed by atoms with Gasteiger partial charge < -0.3 is 15.2 Å². The van der Waals surface area contributed by atoms with Crippen LogP contribution in [0.2, 0.25) is 4.34 Å². The van der Waals surface area contributed by atoms with E-state index in [-0.39, 0.29) is 12.2 Å². The molecule has 0 fully saturated rings. The number of carbonyl (C=O) groups excluding carboxylic acids is 1. The van der Waals surface area contributed by atoms with Gasteiger partial charge in [0.25, 0.3) is 5.91 Å². The highest BCUT2D eigenvalue weighted by atomic mass is 35.5. The number of aliphatic carboxylic acids is 1. The lowest BCUT2D eigenvalue weighted by Crippen LogP contribution is -2.37. The van der Waals surface area contributed by atoms with Crippen molar-refractivity contribution < 1.29 is 19.4 Å². The van der Waals surface area contributed by atoms with E-state index in [4.69, 9.17) is 21.4 Å². The second-order valence-electron chi connectivity index (χ2n) is 3.91. The maximum atomic E-state index is 11.9. The van der Waals surface area contributed by atoms with Crippen LogP contribution in [0.3, 0.4) is 0 Å². The van der Waals surface area contributed by atoms with Gasteiger partial charge in [-0.1, -0.05) is 11.6 Å². The molecule has 0 bridgehead atoms. The first-order chi connectivity index (χ1) is 10.0. The number of thiazole rings is 1. The molecule has 2 rings (SSSR count). The van der Waals surface area contributed by atoms with Crippen LogP contribution in [0.25, 0.3) is 9.88 Å². The smallest absolute Gasteiger partial charge is 0.334 e. The van der Waals surface area contributed by atoms with Crippen LogP contribution >= 0.6 is 34.3 Å². The van der Waals surface area contributed by atoms with E-state index in [1.54, 1.807) is 11.4 Å². The number of halogens is 1. The minimum Gasteiger partial charge on any atom is -0.479 e. The molecule has 1 unspecified atom stereocenters. The number of ether oxygens (including phenoxy) is 1. The number of carbonyl (C=O) groups is 2. The largest absolute Gasteiger partial charge is 0.479 e. The molecule has 0 aliphatic rings. The van der Waals surface area contributed by atoms with E-state index < -0.39 is 18.0 Å². The topological polar surface area (TPSA) is 88.5 Å². The SMILES string of the molecule is COC(CNC(=O)c1csc(-c2ccc(Cl)s2)n1)C(=O)O. The van der Waals surface area contributed by atoms with Crippen LogP contribution < -0.4 is 5.32 Å². The molecule has 0 spiro atoms. The summed E-state index contributed by atoms with van der Waals surface area (Å²) in [5.41, 5.74) is 0.236. The standard InChI is InChI=1S/C12H11ClN2O4S2/c1-19-7(12(17)18)4-14-10(16)6-5-20-11(15-6)8-2-3-9(13)21-8/h2-3,5,7H,4H2,1H3,(H,14,16)(H,17,18). The number of aromatic nitrogens is 1. The maximum absolute atomic E-state index is 11.9. The third-order valence-corrected chi connectivity index (χ3v) is 4.77. The fourth-order valence-electron chi connectivity index (χ4n) is 1.47. The van der Waals surface area contributed by atoms with Crippen molar-refractivity contribution >= 4 is 46.2 Å². The normalized spacial score (nSPS) is 12.1. The number of amides is 1. The molecule has 6 nitrogen and oxygen atoms in total. The van der Waals surface area contributed by atoms with Crippen molar-refractivity contribution in [3.8, 4) is 9.88 Å². The van der Waals surface area contributed by atoms with Crippen molar-refractivity contribution in [3.05, 3.63) is 27.5 Å². The van der Waals surface area contributed by atoms with Gasteiger partial charge in [0.1, 0.15) is 10.7 Å². The van der Waals surface area contributed by atoms with E-state index >= 15 is 0 Å². The first kappa shape index (κ1) is 15.9. The van der Waals surface area contributed by atoms with Gasteiger partial charge in [-0.3, -0.25) is 4.79 Å². The zero-order valence-electron chi connectivity index (χ0n) is 10.8. The Kier molecular flexibility index (Phi) is 5.29. The summed E-state index contributed by atoms with van der Waals surface area (Å²) in [5, 5.41) is 13.6. The molecule has 9 heteroatoms. The third kappa shape index (κ3) is 4.01. The Morgan fingerprint density at radius 1 is 1.52 bits per heavy atom. The Labute approximate surface area is 133 Å². The number of nitrogens with zero attached hydrogens (tertiary/aromatic N) is 1. The summed E-state index contributed by atoms with van der Waals surface area (Å²) in [7, 11) is 1.27. The number of methoxy groups -OCH3 is 1. The number of carboxylic acid groups (broad SMARTS) is 1. The summed E-state index contributed by atoms with van der Waals surface area (Å²) in [5.74, 6) is -1.58. The summed E-state index contributed by atoms with van der Waals surface area (Å²) in [6.45, 7) is -0.123. The van der Waals surface area contributed by atoms with E-state index in [0.717, 1.165) is 4.88 Å². The summed E-state index contributed by atoms with van der Waals surface area (Å²) in [6.07, 6.45) is -1.08. The highest BCUT2D eigenvalue weighted by molar-refractivity contribution is 7.23. The number of nitrogens with one attached hydrogen (secondary N) is 1. The predicted octanol–water partition coefficient (Wildman–Crippen LogP) is 2.35. The van der Waals surface area contributed by atoms with E-state index in [9.17, 15) is 9.59 Å². The Morgan fingerprint density at radius 3 is 2.86 bits per heavy atom. The van der Waals surface area contributed by atoms with Crippen LogP contribution in [0.4, 0.5) is 0 Å². The van der Waals surface area contributed by atoms with Crippen LogP contribution in [0.15, 0.2) is 17.5 Å². The molecule has 0 aromatic carbocycles. The van der Waals surface area contributed by atoms with Gasteiger partial charge in [0.05, 0.1) is 15.8 Å². The fourth-order valence-corrected chi connectivity index (χ4v) is 3.38. The lowest BCUT2D eigenvalue weighted by atomic mass is 10.3. The molecule has 112 valence electrons. The first-order valence-electron chi connectivity index (χ1n) is 5.76. The van der Waals surface area contributed by atoms with Crippen molar-refractivity contribution in [1.29, 1.82) is 0 Å². The van der Waals surface area contributed by atoms with Gasteiger partial charge in [0.15, 0.2) is 6.10 Å². The van der Waals surface area contributed by atoms with Crippen molar-refractivity contribution in [1.82, 2.24) is 10.3 Å². The van der Waals surface area contributed by atoms with Crippen molar-refractivity contribution in [2.24, 2.45) is 0 Å². The molecular weight excluding hydrogens is 336 g/mol. The molecular formula is C12H11ClN2O4S2. The van der Waals surface area contributed by atoms with Crippen molar-refractivity contribution in [2.75, 3.05) is 13.7 Å². The van der Waals surface area contributed by atoms with Gasteiger partial charge in [-0.15, -0.1) is 22.7 Å². The number of hydrogen-bond acceptors (Lipinski definition) is 6. The monoisotopic (exact) mass is 346 g/mol. The van der Waals surface area contributed by atoms with Crippen LogP contribution in [-0.2, 0) is 9.53 Å². The van der Waals surface area contributed by atoms with E-state index in [1.165, 1.54) is 29.8 Å². The number of carboxylic acids is 1. The molecule has 0 aliphatic carbocycles. The maximum Gasteiger partial charge on any atom is 0.334 e. The van der Waals surface area contributed by atoms with Gasteiger partial charge in [-0.05, 0) is 12.1 Å². The Bertz CT molecular complexity index is 655. The second kappa shape index (κ2) is 6.99. The van der Waals surface area contributed by atoms with Gasteiger partial charge in [0.2, 0.25) is 0 Å².